The fourth-order valence-electron chi connectivity index (χ4n) is 3.70. The molecule has 2 amide bonds. The van der Waals surface area contributed by atoms with Crippen LogP contribution in [-0.2, 0) is 16.1 Å². The number of hydrogen-bond donors (Lipinski definition) is 1. The lowest BCUT2D eigenvalue weighted by Gasteiger charge is -2.31. The first-order valence-corrected chi connectivity index (χ1v) is 11.0. The maximum atomic E-state index is 13.1. The molecule has 0 spiro atoms. The Labute approximate surface area is 187 Å². The van der Waals surface area contributed by atoms with Gasteiger partial charge in [0.2, 0.25) is 5.91 Å². The number of benzene rings is 2. The highest BCUT2D eigenvalue weighted by Crippen LogP contribution is 2.19. The van der Waals surface area contributed by atoms with E-state index in [1.807, 2.05) is 12.1 Å². The minimum Gasteiger partial charge on any atom is -0.484 e. The van der Waals surface area contributed by atoms with E-state index in [4.69, 9.17) is 16.3 Å². The Kier molecular flexibility index (Phi) is 8.29. The Morgan fingerprint density at radius 1 is 1.10 bits per heavy atom. The summed E-state index contributed by atoms with van der Waals surface area (Å²) in [6, 6.07) is 12.1. The minimum absolute atomic E-state index is 0.159. The monoisotopic (exact) mass is 446 g/mol. The summed E-state index contributed by atoms with van der Waals surface area (Å²) in [7, 11) is 0. The number of nitrogens with zero attached hydrogens (tertiary/aromatic N) is 1. The number of nitrogens with one attached hydrogen (secondary N) is 1. The van der Waals surface area contributed by atoms with Crippen LogP contribution in [0.25, 0.3) is 0 Å². The highest BCUT2D eigenvalue weighted by molar-refractivity contribution is 6.30. The van der Waals surface area contributed by atoms with E-state index in [-0.39, 0.29) is 36.8 Å². The SMILES string of the molecule is CC(C(=O)NC1CCCCC1)N(Cc1ccc(Cl)cc1)C(=O)COc1ccc(F)cc1. The van der Waals surface area contributed by atoms with E-state index in [1.54, 1.807) is 19.1 Å². The van der Waals surface area contributed by atoms with Crippen LogP contribution in [0.2, 0.25) is 5.02 Å². The maximum absolute atomic E-state index is 13.1. The highest BCUT2D eigenvalue weighted by Gasteiger charge is 2.28. The Bertz CT molecular complexity index is 867. The molecule has 0 bridgehead atoms. The van der Waals surface area contributed by atoms with Crippen molar-refractivity contribution in [2.75, 3.05) is 6.61 Å². The predicted molar refractivity (Wildman–Crippen MR) is 118 cm³/mol. The summed E-state index contributed by atoms with van der Waals surface area (Å²) in [6.45, 7) is 1.73. The summed E-state index contributed by atoms with van der Waals surface area (Å²) in [5.41, 5.74) is 0.858. The highest BCUT2D eigenvalue weighted by atomic mass is 35.5. The molecule has 166 valence electrons. The lowest BCUT2D eigenvalue weighted by Crippen LogP contribution is -2.51. The number of carbonyl (C=O) groups is 2. The third-order valence-corrected chi connectivity index (χ3v) is 5.81. The lowest BCUT2D eigenvalue weighted by molar-refractivity contribution is -0.142. The molecule has 1 fully saturated rings. The Morgan fingerprint density at radius 3 is 2.39 bits per heavy atom. The molecule has 2 aromatic rings. The smallest absolute Gasteiger partial charge is 0.261 e. The van der Waals surface area contributed by atoms with E-state index in [0.717, 1.165) is 31.2 Å². The van der Waals surface area contributed by atoms with E-state index in [2.05, 4.69) is 5.32 Å². The molecule has 0 radical (unpaired) electrons. The van der Waals surface area contributed by atoms with Crippen LogP contribution in [-0.4, -0.2) is 35.4 Å². The molecule has 0 heterocycles. The summed E-state index contributed by atoms with van der Waals surface area (Å²) in [4.78, 5) is 27.4. The van der Waals surface area contributed by atoms with Crippen molar-refractivity contribution < 1.29 is 18.7 Å². The zero-order chi connectivity index (χ0) is 22.2. The van der Waals surface area contributed by atoms with Gasteiger partial charge in [-0.1, -0.05) is 43.0 Å². The van der Waals surface area contributed by atoms with Gasteiger partial charge in [-0.2, -0.15) is 0 Å². The summed E-state index contributed by atoms with van der Waals surface area (Å²) >= 11 is 5.97. The molecular weight excluding hydrogens is 419 g/mol. The van der Waals surface area contributed by atoms with Gasteiger partial charge in [0.05, 0.1) is 0 Å². The van der Waals surface area contributed by atoms with Gasteiger partial charge in [0.1, 0.15) is 17.6 Å². The molecule has 1 unspecified atom stereocenters. The van der Waals surface area contributed by atoms with Crippen LogP contribution in [0.4, 0.5) is 4.39 Å². The van der Waals surface area contributed by atoms with Gasteiger partial charge >= 0.3 is 0 Å². The lowest BCUT2D eigenvalue weighted by atomic mass is 9.95. The van der Waals surface area contributed by atoms with Gasteiger partial charge in [-0.25, -0.2) is 4.39 Å². The van der Waals surface area contributed by atoms with Crippen molar-refractivity contribution in [1.29, 1.82) is 0 Å². The molecule has 1 atom stereocenters. The molecule has 1 aliphatic carbocycles. The normalized spacial score (nSPS) is 15.2. The number of hydrogen-bond acceptors (Lipinski definition) is 3. The van der Waals surface area contributed by atoms with Crippen LogP contribution in [0.5, 0.6) is 5.75 Å². The first-order valence-electron chi connectivity index (χ1n) is 10.6. The summed E-state index contributed by atoms with van der Waals surface area (Å²) in [5.74, 6) is -0.488. The van der Waals surface area contributed by atoms with E-state index in [9.17, 15) is 14.0 Å². The fourth-order valence-corrected chi connectivity index (χ4v) is 3.82. The van der Waals surface area contributed by atoms with Gasteiger partial charge < -0.3 is 15.0 Å². The number of ether oxygens (including phenoxy) is 1. The van der Waals surface area contributed by atoms with Gasteiger partial charge in [-0.05, 0) is 61.7 Å². The van der Waals surface area contributed by atoms with Crippen LogP contribution in [0.15, 0.2) is 48.5 Å². The largest absolute Gasteiger partial charge is 0.484 e. The zero-order valence-electron chi connectivity index (χ0n) is 17.7. The van der Waals surface area contributed by atoms with Crippen molar-refractivity contribution >= 4 is 23.4 Å². The second kappa shape index (κ2) is 11.1. The van der Waals surface area contributed by atoms with Crippen LogP contribution in [0.1, 0.15) is 44.6 Å². The van der Waals surface area contributed by atoms with Gasteiger partial charge in [-0.15, -0.1) is 0 Å². The topological polar surface area (TPSA) is 58.6 Å². The number of rotatable bonds is 8. The third kappa shape index (κ3) is 6.96. The van der Waals surface area contributed by atoms with Gasteiger partial charge in [0, 0.05) is 17.6 Å². The first-order chi connectivity index (χ1) is 14.9. The molecule has 1 aliphatic rings. The van der Waals surface area contributed by atoms with Crippen molar-refractivity contribution in [2.24, 2.45) is 0 Å². The van der Waals surface area contributed by atoms with Gasteiger partial charge in [0.15, 0.2) is 6.61 Å². The average Bonchev–Trinajstić information content (AvgIpc) is 2.78. The molecule has 0 saturated heterocycles. The average molecular weight is 447 g/mol. The summed E-state index contributed by atoms with van der Waals surface area (Å²) < 4.78 is 18.6. The molecule has 5 nitrogen and oxygen atoms in total. The molecule has 3 rings (SSSR count). The second-order valence-electron chi connectivity index (χ2n) is 7.91. The third-order valence-electron chi connectivity index (χ3n) is 5.56. The maximum Gasteiger partial charge on any atom is 0.261 e. The van der Waals surface area contributed by atoms with Crippen LogP contribution in [0, 0.1) is 5.82 Å². The molecule has 7 heteroatoms. The summed E-state index contributed by atoms with van der Waals surface area (Å²) in [6.07, 6.45) is 5.36. The predicted octanol–water partition coefficient (Wildman–Crippen LogP) is 4.72. The molecule has 1 saturated carbocycles. The second-order valence-corrected chi connectivity index (χ2v) is 8.35. The van der Waals surface area contributed by atoms with Crippen molar-refractivity contribution in [3.63, 3.8) is 0 Å². The number of halogens is 2. The molecule has 0 aromatic heterocycles. The van der Waals surface area contributed by atoms with Gasteiger partial charge in [0.25, 0.3) is 5.91 Å². The van der Waals surface area contributed by atoms with Crippen LogP contribution >= 0.6 is 11.6 Å². The van der Waals surface area contributed by atoms with E-state index in [0.29, 0.717) is 10.8 Å². The Balaban J connectivity index is 1.69. The molecule has 0 aliphatic heterocycles. The quantitative estimate of drug-likeness (QED) is 0.638. The molecule has 1 N–H and O–H groups in total. The molecule has 31 heavy (non-hydrogen) atoms. The fraction of sp³-hybridized carbons (Fsp3) is 0.417. The summed E-state index contributed by atoms with van der Waals surface area (Å²) in [5, 5.41) is 3.69. The Hall–Kier alpha value is -2.60. The van der Waals surface area contributed by atoms with Crippen molar-refractivity contribution in [2.45, 2.75) is 57.7 Å². The van der Waals surface area contributed by atoms with Crippen molar-refractivity contribution in [3.05, 3.63) is 64.9 Å². The molecule has 2 aromatic carbocycles. The first kappa shape index (κ1) is 23.1. The minimum atomic E-state index is -0.665. The van der Waals surface area contributed by atoms with Crippen molar-refractivity contribution in [1.82, 2.24) is 10.2 Å². The van der Waals surface area contributed by atoms with Crippen LogP contribution < -0.4 is 10.1 Å². The molecular formula is C24H28ClFN2O3. The van der Waals surface area contributed by atoms with Crippen molar-refractivity contribution in [3.8, 4) is 5.75 Å². The van der Waals surface area contributed by atoms with E-state index >= 15 is 0 Å². The standard InChI is InChI=1S/C24H28ClFN2O3/c1-17(24(30)27-21-5-3-2-4-6-21)28(15-18-7-9-19(25)10-8-18)23(29)16-31-22-13-11-20(26)12-14-22/h7-14,17,21H,2-6,15-16H2,1H3,(H,27,30). The van der Waals surface area contributed by atoms with E-state index < -0.39 is 6.04 Å². The number of amides is 2. The number of carbonyl (C=O) groups excluding carboxylic acids is 2. The van der Waals surface area contributed by atoms with E-state index in [1.165, 1.54) is 35.6 Å². The van der Waals surface area contributed by atoms with Crippen LogP contribution in [0.3, 0.4) is 0 Å². The zero-order valence-corrected chi connectivity index (χ0v) is 18.4. The Morgan fingerprint density at radius 2 is 1.74 bits per heavy atom. The van der Waals surface area contributed by atoms with Gasteiger partial charge in [-0.3, -0.25) is 9.59 Å².